The summed E-state index contributed by atoms with van der Waals surface area (Å²) in [6.07, 6.45) is 12.5. The lowest BCUT2D eigenvalue weighted by Gasteiger charge is -2.16. The molecule has 0 bridgehead atoms. The summed E-state index contributed by atoms with van der Waals surface area (Å²) >= 11 is 0. The van der Waals surface area contributed by atoms with Gasteiger partial charge in [0.2, 0.25) is 0 Å². The zero-order chi connectivity index (χ0) is 7.23. The zero-order valence-electron chi connectivity index (χ0n) is 6.68. The largest absolute Gasteiger partial charge is 0.0885 e. The van der Waals surface area contributed by atoms with Gasteiger partial charge in [0.1, 0.15) is 0 Å². The number of hydrogen-bond acceptors (Lipinski definition) is 0. The Morgan fingerprint density at radius 3 is 2.90 bits per heavy atom. The standard InChI is InChI=1S/C10H17/c1-2-3-7-10-8-5-4-6-9-10/h4-5,10H,1-3,6-9H2. The van der Waals surface area contributed by atoms with Gasteiger partial charge in [0.05, 0.1) is 0 Å². The first-order chi connectivity index (χ1) is 4.93. The molecule has 0 nitrogen and oxygen atoms in total. The van der Waals surface area contributed by atoms with Crippen LogP contribution in [0.25, 0.3) is 0 Å². The van der Waals surface area contributed by atoms with Crippen molar-refractivity contribution in [1.29, 1.82) is 0 Å². The molecule has 0 aromatic heterocycles. The van der Waals surface area contributed by atoms with E-state index in [-0.39, 0.29) is 0 Å². The van der Waals surface area contributed by atoms with Gasteiger partial charge in [0, 0.05) is 0 Å². The van der Waals surface area contributed by atoms with Crippen molar-refractivity contribution in [1.82, 2.24) is 0 Å². The molecule has 0 aliphatic heterocycles. The number of unbranched alkanes of at least 4 members (excludes halogenated alkanes) is 1. The van der Waals surface area contributed by atoms with Gasteiger partial charge in [0.15, 0.2) is 0 Å². The molecular weight excluding hydrogens is 120 g/mol. The smallest absolute Gasteiger partial charge is 0.0322 e. The van der Waals surface area contributed by atoms with Gasteiger partial charge in [-0.3, -0.25) is 0 Å². The summed E-state index contributed by atoms with van der Waals surface area (Å²) in [5, 5.41) is 0. The lowest BCUT2D eigenvalue weighted by molar-refractivity contribution is 0.433. The average molecular weight is 137 g/mol. The van der Waals surface area contributed by atoms with Crippen molar-refractivity contribution < 1.29 is 0 Å². The highest BCUT2D eigenvalue weighted by Gasteiger charge is 2.07. The molecule has 0 N–H and O–H groups in total. The van der Waals surface area contributed by atoms with Crippen LogP contribution in [0.1, 0.15) is 38.5 Å². The Kier molecular flexibility index (Phi) is 3.56. The third kappa shape index (κ3) is 2.55. The molecule has 0 saturated carbocycles. The molecule has 1 radical (unpaired) electrons. The van der Waals surface area contributed by atoms with Gasteiger partial charge in [-0.15, -0.1) is 0 Å². The van der Waals surface area contributed by atoms with Crippen LogP contribution in [0, 0.1) is 12.8 Å². The molecule has 1 rings (SSSR count). The summed E-state index contributed by atoms with van der Waals surface area (Å²) in [4.78, 5) is 0. The summed E-state index contributed by atoms with van der Waals surface area (Å²) in [6, 6.07) is 0. The maximum atomic E-state index is 3.85. The minimum atomic E-state index is 0.978. The van der Waals surface area contributed by atoms with Gasteiger partial charge in [-0.1, -0.05) is 38.3 Å². The van der Waals surface area contributed by atoms with Crippen molar-refractivity contribution in [2.75, 3.05) is 0 Å². The fourth-order valence-corrected chi connectivity index (χ4v) is 1.55. The van der Waals surface area contributed by atoms with Crippen molar-refractivity contribution in [3.63, 3.8) is 0 Å². The number of rotatable bonds is 3. The summed E-state index contributed by atoms with van der Waals surface area (Å²) in [6.45, 7) is 3.85. The Morgan fingerprint density at radius 1 is 1.40 bits per heavy atom. The predicted octanol–water partition coefficient (Wildman–Crippen LogP) is 3.35. The first kappa shape index (κ1) is 7.84. The molecular formula is C10H17. The van der Waals surface area contributed by atoms with Crippen LogP contribution in [0.2, 0.25) is 0 Å². The van der Waals surface area contributed by atoms with E-state index >= 15 is 0 Å². The first-order valence-corrected chi connectivity index (χ1v) is 4.37. The van der Waals surface area contributed by atoms with Gasteiger partial charge >= 0.3 is 0 Å². The van der Waals surface area contributed by atoms with Gasteiger partial charge in [-0.2, -0.15) is 0 Å². The van der Waals surface area contributed by atoms with E-state index in [1.807, 2.05) is 0 Å². The van der Waals surface area contributed by atoms with E-state index in [4.69, 9.17) is 0 Å². The van der Waals surface area contributed by atoms with Crippen molar-refractivity contribution in [3.05, 3.63) is 19.1 Å². The number of allylic oxidation sites excluding steroid dienone is 2. The monoisotopic (exact) mass is 137 g/mol. The summed E-state index contributed by atoms with van der Waals surface area (Å²) < 4.78 is 0. The van der Waals surface area contributed by atoms with E-state index in [1.165, 1.54) is 32.1 Å². The van der Waals surface area contributed by atoms with E-state index in [2.05, 4.69) is 19.1 Å². The summed E-state index contributed by atoms with van der Waals surface area (Å²) in [5.41, 5.74) is 0. The van der Waals surface area contributed by atoms with Crippen molar-refractivity contribution in [2.24, 2.45) is 5.92 Å². The second kappa shape index (κ2) is 4.54. The van der Waals surface area contributed by atoms with Crippen LogP contribution < -0.4 is 0 Å². The second-order valence-corrected chi connectivity index (χ2v) is 3.15. The van der Waals surface area contributed by atoms with Crippen LogP contribution in [0.3, 0.4) is 0 Å². The molecule has 0 heteroatoms. The van der Waals surface area contributed by atoms with Gasteiger partial charge in [-0.25, -0.2) is 0 Å². The van der Waals surface area contributed by atoms with Crippen molar-refractivity contribution in [2.45, 2.75) is 38.5 Å². The number of hydrogen-bond donors (Lipinski definition) is 0. The van der Waals surface area contributed by atoms with Gasteiger partial charge < -0.3 is 0 Å². The van der Waals surface area contributed by atoms with E-state index in [0.717, 1.165) is 12.3 Å². The highest BCUT2D eigenvalue weighted by atomic mass is 14.1. The normalized spacial score (nSPS) is 25.1. The molecule has 0 heterocycles. The maximum absolute atomic E-state index is 3.85. The summed E-state index contributed by atoms with van der Waals surface area (Å²) in [5.74, 6) is 0.978. The molecule has 0 amide bonds. The first-order valence-electron chi connectivity index (χ1n) is 4.37. The van der Waals surface area contributed by atoms with Crippen LogP contribution in [0.5, 0.6) is 0 Å². The molecule has 0 aromatic rings. The molecule has 0 spiro atoms. The maximum Gasteiger partial charge on any atom is -0.0322 e. The molecule has 1 aliphatic rings. The molecule has 10 heavy (non-hydrogen) atoms. The zero-order valence-corrected chi connectivity index (χ0v) is 6.68. The van der Waals surface area contributed by atoms with Crippen LogP contribution >= 0.6 is 0 Å². The minimum Gasteiger partial charge on any atom is -0.0885 e. The van der Waals surface area contributed by atoms with E-state index in [1.54, 1.807) is 0 Å². The fourth-order valence-electron chi connectivity index (χ4n) is 1.55. The molecule has 1 atom stereocenters. The second-order valence-electron chi connectivity index (χ2n) is 3.15. The predicted molar refractivity (Wildman–Crippen MR) is 45.7 cm³/mol. The molecule has 0 saturated heterocycles. The van der Waals surface area contributed by atoms with Crippen LogP contribution in [-0.2, 0) is 0 Å². The summed E-state index contributed by atoms with van der Waals surface area (Å²) in [7, 11) is 0. The lowest BCUT2D eigenvalue weighted by atomic mass is 9.90. The lowest BCUT2D eigenvalue weighted by Crippen LogP contribution is -2.01. The molecule has 1 aliphatic carbocycles. The molecule has 57 valence electrons. The van der Waals surface area contributed by atoms with E-state index < -0.39 is 0 Å². The third-order valence-electron chi connectivity index (χ3n) is 2.24. The highest BCUT2D eigenvalue weighted by molar-refractivity contribution is 4.89. The van der Waals surface area contributed by atoms with Crippen LogP contribution in [0.4, 0.5) is 0 Å². The molecule has 0 fully saturated rings. The van der Waals surface area contributed by atoms with Gasteiger partial charge in [-0.05, 0) is 25.2 Å². The van der Waals surface area contributed by atoms with Crippen molar-refractivity contribution in [3.8, 4) is 0 Å². The Bertz CT molecular complexity index is 103. The fraction of sp³-hybridized carbons (Fsp3) is 0.700. The van der Waals surface area contributed by atoms with Gasteiger partial charge in [0.25, 0.3) is 0 Å². The quantitative estimate of drug-likeness (QED) is 0.523. The Labute approximate surface area is 64.3 Å². The highest BCUT2D eigenvalue weighted by Crippen LogP contribution is 2.22. The Morgan fingerprint density at radius 2 is 2.30 bits per heavy atom. The van der Waals surface area contributed by atoms with Crippen molar-refractivity contribution >= 4 is 0 Å². The van der Waals surface area contributed by atoms with Crippen LogP contribution in [0.15, 0.2) is 12.2 Å². The van der Waals surface area contributed by atoms with E-state index in [0.29, 0.717) is 0 Å². The Hall–Kier alpha value is -0.260. The third-order valence-corrected chi connectivity index (χ3v) is 2.24. The Balaban J connectivity index is 2.10. The van der Waals surface area contributed by atoms with Crippen LogP contribution in [-0.4, -0.2) is 0 Å². The minimum absolute atomic E-state index is 0.978. The molecule has 1 unspecified atom stereocenters. The van der Waals surface area contributed by atoms with E-state index in [9.17, 15) is 0 Å². The topological polar surface area (TPSA) is 0 Å². The average Bonchev–Trinajstić information content (AvgIpc) is 2.03. The SMILES string of the molecule is [CH2]CCCC1CC=CCC1. The molecule has 0 aromatic carbocycles.